The zero-order valence-electron chi connectivity index (χ0n) is 13.9. The van der Waals surface area contributed by atoms with Crippen LogP contribution in [0, 0.1) is 11.8 Å². The molecular formula is C18H30N2O. The predicted molar refractivity (Wildman–Crippen MR) is 86.3 cm³/mol. The summed E-state index contributed by atoms with van der Waals surface area (Å²) in [7, 11) is 0. The third-order valence-corrected chi connectivity index (χ3v) is 4.93. The van der Waals surface area contributed by atoms with Crippen molar-refractivity contribution in [3.63, 3.8) is 0 Å². The van der Waals surface area contributed by atoms with Crippen molar-refractivity contribution in [1.29, 1.82) is 0 Å². The van der Waals surface area contributed by atoms with E-state index in [-0.39, 0.29) is 0 Å². The summed E-state index contributed by atoms with van der Waals surface area (Å²) in [5, 5.41) is 4.55. The van der Waals surface area contributed by atoms with Gasteiger partial charge >= 0.3 is 0 Å². The molecule has 0 N–H and O–H groups in total. The lowest BCUT2D eigenvalue weighted by atomic mass is 9.77. The van der Waals surface area contributed by atoms with E-state index < -0.39 is 0 Å². The molecule has 0 amide bonds. The van der Waals surface area contributed by atoms with Crippen LogP contribution < -0.4 is 0 Å². The van der Waals surface area contributed by atoms with Crippen LogP contribution in [0.5, 0.6) is 0 Å². The highest BCUT2D eigenvalue weighted by Gasteiger charge is 2.26. The number of aromatic nitrogens is 2. The van der Waals surface area contributed by atoms with Crippen molar-refractivity contribution >= 4 is 5.78 Å². The highest BCUT2D eigenvalue weighted by atomic mass is 16.1. The van der Waals surface area contributed by atoms with E-state index in [9.17, 15) is 4.79 Å². The Bertz CT molecular complexity index is 456. The Balaban J connectivity index is 1.91. The predicted octanol–water partition coefficient (Wildman–Crippen LogP) is 4.18. The maximum atomic E-state index is 12.6. The van der Waals surface area contributed by atoms with Gasteiger partial charge in [0.1, 0.15) is 5.78 Å². The SMILES string of the molecule is CCCC1CCC(C(=O)Cc2cc(CC)nn2CC)CC1. The second-order valence-corrected chi connectivity index (χ2v) is 6.45. The van der Waals surface area contributed by atoms with Crippen LogP contribution in [-0.4, -0.2) is 15.6 Å². The molecule has 0 aliphatic heterocycles. The summed E-state index contributed by atoms with van der Waals surface area (Å²) in [5.41, 5.74) is 2.21. The molecule has 1 aliphatic rings. The van der Waals surface area contributed by atoms with Gasteiger partial charge < -0.3 is 0 Å². The second-order valence-electron chi connectivity index (χ2n) is 6.45. The van der Waals surface area contributed by atoms with Gasteiger partial charge in [-0.15, -0.1) is 0 Å². The smallest absolute Gasteiger partial charge is 0.141 e. The van der Waals surface area contributed by atoms with Gasteiger partial charge in [0, 0.05) is 24.6 Å². The van der Waals surface area contributed by atoms with Crippen LogP contribution in [0.2, 0.25) is 0 Å². The molecule has 3 heteroatoms. The largest absolute Gasteiger partial charge is 0.299 e. The van der Waals surface area contributed by atoms with Crippen LogP contribution in [0.4, 0.5) is 0 Å². The minimum Gasteiger partial charge on any atom is -0.299 e. The molecule has 118 valence electrons. The maximum Gasteiger partial charge on any atom is 0.141 e. The molecule has 0 saturated heterocycles. The highest BCUT2D eigenvalue weighted by Crippen LogP contribution is 2.32. The lowest BCUT2D eigenvalue weighted by molar-refractivity contribution is -0.123. The Morgan fingerprint density at radius 3 is 2.52 bits per heavy atom. The van der Waals surface area contributed by atoms with Crippen LogP contribution in [0.15, 0.2) is 6.07 Å². The molecule has 1 heterocycles. The highest BCUT2D eigenvalue weighted by molar-refractivity contribution is 5.83. The summed E-state index contributed by atoms with van der Waals surface area (Å²) in [4.78, 5) is 12.6. The Morgan fingerprint density at radius 2 is 1.95 bits per heavy atom. The fraction of sp³-hybridized carbons (Fsp3) is 0.778. The quantitative estimate of drug-likeness (QED) is 0.755. The minimum atomic E-state index is 0.295. The van der Waals surface area contributed by atoms with Gasteiger partial charge in [-0.2, -0.15) is 5.10 Å². The minimum absolute atomic E-state index is 0.295. The number of carbonyl (C=O) groups is 1. The molecule has 1 aromatic heterocycles. The number of ketones is 1. The average molecular weight is 290 g/mol. The third-order valence-electron chi connectivity index (χ3n) is 4.93. The molecule has 3 nitrogen and oxygen atoms in total. The van der Waals surface area contributed by atoms with Gasteiger partial charge in [-0.1, -0.05) is 26.7 Å². The summed E-state index contributed by atoms with van der Waals surface area (Å²) in [6.07, 6.45) is 8.83. The van der Waals surface area contributed by atoms with Gasteiger partial charge in [-0.3, -0.25) is 9.48 Å². The van der Waals surface area contributed by atoms with Crippen molar-refractivity contribution in [2.45, 2.75) is 78.7 Å². The van der Waals surface area contributed by atoms with E-state index in [4.69, 9.17) is 0 Å². The Labute approximate surface area is 129 Å². The molecule has 1 saturated carbocycles. The Morgan fingerprint density at radius 1 is 1.24 bits per heavy atom. The fourth-order valence-electron chi connectivity index (χ4n) is 3.61. The molecular weight excluding hydrogens is 260 g/mol. The van der Waals surface area contributed by atoms with Crippen molar-refractivity contribution in [1.82, 2.24) is 9.78 Å². The molecule has 0 atom stereocenters. The topological polar surface area (TPSA) is 34.9 Å². The summed E-state index contributed by atoms with van der Waals surface area (Å²) < 4.78 is 2.00. The second kappa shape index (κ2) is 7.77. The van der Waals surface area contributed by atoms with E-state index in [1.54, 1.807) is 0 Å². The first-order valence-electron chi connectivity index (χ1n) is 8.76. The molecule has 21 heavy (non-hydrogen) atoms. The van der Waals surface area contributed by atoms with Crippen LogP contribution >= 0.6 is 0 Å². The number of aryl methyl sites for hydroxylation is 2. The van der Waals surface area contributed by atoms with E-state index in [1.807, 2.05) is 4.68 Å². The van der Waals surface area contributed by atoms with Gasteiger partial charge in [-0.05, 0) is 51.0 Å². The fourth-order valence-corrected chi connectivity index (χ4v) is 3.61. The first-order valence-corrected chi connectivity index (χ1v) is 8.76. The molecule has 0 radical (unpaired) electrons. The lowest BCUT2D eigenvalue weighted by Gasteiger charge is -2.27. The molecule has 0 unspecified atom stereocenters. The monoisotopic (exact) mass is 290 g/mol. The van der Waals surface area contributed by atoms with E-state index in [0.29, 0.717) is 18.1 Å². The molecule has 1 aliphatic carbocycles. The van der Waals surface area contributed by atoms with Crippen molar-refractivity contribution in [3.05, 3.63) is 17.5 Å². The zero-order valence-corrected chi connectivity index (χ0v) is 13.9. The van der Waals surface area contributed by atoms with Crippen LogP contribution in [-0.2, 0) is 24.2 Å². The van der Waals surface area contributed by atoms with Gasteiger partial charge in [-0.25, -0.2) is 0 Å². The Hall–Kier alpha value is -1.12. The first kappa shape index (κ1) is 16.3. The van der Waals surface area contributed by atoms with E-state index >= 15 is 0 Å². The van der Waals surface area contributed by atoms with Gasteiger partial charge in [0.25, 0.3) is 0 Å². The summed E-state index contributed by atoms with van der Waals surface area (Å²) in [6.45, 7) is 7.32. The molecule has 0 aromatic carbocycles. The molecule has 0 spiro atoms. The average Bonchev–Trinajstić information content (AvgIpc) is 2.90. The van der Waals surface area contributed by atoms with E-state index in [2.05, 4.69) is 31.9 Å². The summed E-state index contributed by atoms with van der Waals surface area (Å²) >= 11 is 0. The van der Waals surface area contributed by atoms with Crippen LogP contribution in [0.3, 0.4) is 0 Å². The maximum absolute atomic E-state index is 12.6. The van der Waals surface area contributed by atoms with Crippen LogP contribution in [0.25, 0.3) is 0 Å². The number of hydrogen-bond acceptors (Lipinski definition) is 2. The standard InChI is InChI=1S/C18H30N2O/c1-4-7-14-8-10-15(11-9-14)18(21)13-17-12-16(5-2)19-20(17)6-3/h12,14-15H,4-11,13H2,1-3H3. The molecule has 2 rings (SSSR count). The van der Waals surface area contributed by atoms with E-state index in [0.717, 1.165) is 43.1 Å². The van der Waals surface area contributed by atoms with E-state index in [1.165, 1.54) is 25.7 Å². The number of Topliss-reactive ketones (excluding diaryl/α,β-unsaturated/α-hetero) is 1. The van der Waals surface area contributed by atoms with Crippen molar-refractivity contribution in [2.24, 2.45) is 11.8 Å². The number of hydrogen-bond donors (Lipinski definition) is 0. The molecule has 0 bridgehead atoms. The van der Waals surface area contributed by atoms with Gasteiger partial charge in [0.15, 0.2) is 0 Å². The molecule has 1 fully saturated rings. The zero-order chi connectivity index (χ0) is 15.2. The number of rotatable bonds is 7. The van der Waals surface area contributed by atoms with Gasteiger partial charge in [0.2, 0.25) is 0 Å². The third kappa shape index (κ3) is 4.18. The normalized spacial score (nSPS) is 22.4. The van der Waals surface area contributed by atoms with Crippen molar-refractivity contribution in [2.75, 3.05) is 0 Å². The Kier molecular flexibility index (Phi) is 6.01. The molecule has 1 aromatic rings. The van der Waals surface area contributed by atoms with Crippen molar-refractivity contribution < 1.29 is 4.79 Å². The van der Waals surface area contributed by atoms with Crippen molar-refractivity contribution in [3.8, 4) is 0 Å². The van der Waals surface area contributed by atoms with Crippen LogP contribution in [0.1, 0.15) is 70.7 Å². The number of nitrogens with zero attached hydrogens (tertiary/aromatic N) is 2. The summed E-state index contributed by atoms with van der Waals surface area (Å²) in [6, 6.07) is 2.12. The number of carbonyl (C=O) groups excluding carboxylic acids is 1. The van der Waals surface area contributed by atoms with Gasteiger partial charge in [0.05, 0.1) is 5.69 Å². The summed E-state index contributed by atoms with van der Waals surface area (Å²) in [5.74, 6) is 1.59. The lowest BCUT2D eigenvalue weighted by Crippen LogP contribution is -2.24. The first-order chi connectivity index (χ1) is 10.2.